The van der Waals surface area contributed by atoms with E-state index in [-0.39, 0.29) is 15.7 Å². The summed E-state index contributed by atoms with van der Waals surface area (Å²) in [6.45, 7) is 0. The van der Waals surface area contributed by atoms with Gasteiger partial charge < -0.3 is 5.11 Å². The summed E-state index contributed by atoms with van der Waals surface area (Å²) in [5.41, 5.74) is 1.33. The summed E-state index contributed by atoms with van der Waals surface area (Å²) in [7, 11) is -3.80. The van der Waals surface area contributed by atoms with E-state index in [0.29, 0.717) is 22.9 Å². The predicted molar refractivity (Wildman–Crippen MR) is 92.2 cm³/mol. The Hall–Kier alpha value is -1.28. The fourth-order valence-electron chi connectivity index (χ4n) is 1.90. The topological polar surface area (TPSA) is 83.5 Å². The Labute approximate surface area is 147 Å². The highest BCUT2D eigenvalue weighted by Gasteiger charge is 2.21. The van der Waals surface area contributed by atoms with Crippen molar-refractivity contribution in [2.24, 2.45) is 0 Å². The molecule has 2 rings (SSSR count). The van der Waals surface area contributed by atoms with E-state index in [1.165, 1.54) is 6.07 Å². The maximum Gasteiger partial charge on any atom is 0.303 e. The Morgan fingerprint density at radius 3 is 2.39 bits per heavy atom. The third kappa shape index (κ3) is 5.10. The quantitative estimate of drug-likeness (QED) is 0.735. The number of nitrogens with one attached hydrogen (secondary N) is 1. The highest BCUT2D eigenvalue weighted by Crippen LogP contribution is 2.35. The molecular formula is C14H13Cl2NO4S2. The number of halogens is 2. The number of hydrogen-bond donors (Lipinski definition) is 2. The number of sulfonamides is 1. The van der Waals surface area contributed by atoms with Crippen molar-refractivity contribution in [1.82, 2.24) is 0 Å². The molecule has 0 spiro atoms. The molecule has 2 N–H and O–H groups in total. The number of carboxylic acid groups (broad SMARTS) is 1. The van der Waals surface area contributed by atoms with Crippen LogP contribution in [-0.4, -0.2) is 19.5 Å². The number of hydrogen-bond acceptors (Lipinski definition) is 4. The number of thiophene rings is 1. The van der Waals surface area contributed by atoms with Gasteiger partial charge in [0.15, 0.2) is 0 Å². The van der Waals surface area contributed by atoms with Gasteiger partial charge in [-0.25, -0.2) is 8.42 Å². The van der Waals surface area contributed by atoms with Crippen molar-refractivity contribution in [3.63, 3.8) is 0 Å². The van der Waals surface area contributed by atoms with E-state index >= 15 is 0 Å². The molecule has 0 saturated carbocycles. The lowest BCUT2D eigenvalue weighted by molar-refractivity contribution is -0.137. The van der Waals surface area contributed by atoms with E-state index in [9.17, 15) is 13.2 Å². The van der Waals surface area contributed by atoms with Gasteiger partial charge in [-0.3, -0.25) is 9.52 Å². The molecule has 124 valence electrons. The van der Waals surface area contributed by atoms with E-state index in [0.717, 1.165) is 16.9 Å². The zero-order chi connectivity index (χ0) is 17.0. The van der Waals surface area contributed by atoms with Crippen molar-refractivity contribution in [2.75, 3.05) is 4.72 Å². The van der Waals surface area contributed by atoms with Crippen molar-refractivity contribution >= 4 is 56.2 Å². The minimum Gasteiger partial charge on any atom is -0.481 e. The third-order valence-electron chi connectivity index (χ3n) is 2.98. The highest BCUT2D eigenvalue weighted by atomic mass is 35.5. The normalized spacial score (nSPS) is 11.4. The maximum absolute atomic E-state index is 12.3. The van der Waals surface area contributed by atoms with E-state index in [1.54, 1.807) is 24.3 Å². The molecule has 5 nitrogen and oxygen atoms in total. The summed E-state index contributed by atoms with van der Waals surface area (Å²) in [5, 5.41) is 8.60. The smallest absolute Gasteiger partial charge is 0.303 e. The average Bonchev–Trinajstić information content (AvgIpc) is 2.80. The molecule has 0 amide bonds. The van der Waals surface area contributed by atoms with Crippen LogP contribution in [0.25, 0.3) is 0 Å². The van der Waals surface area contributed by atoms with Crippen LogP contribution in [0.3, 0.4) is 0 Å². The number of anilines is 1. The molecule has 9 heteroatoms. The molecule has 23 heavy (non-hydrogen) atoms. The summed E-state index contributed by atoms with van der Waals surface area (Å²) < 4.78 is 27.3. The van der Waals surface area contributed by atoms with Crippen molar-refractivity contribution in [3.05, 3.63) is 44.6 Å². The minimum absolute atomic E-state index is 0.0558. The first-order chi connectivity index (χ1) is 10.8. The minimum atomic E-state index is -3.80. The summed E-state index contributed by atoms with van der Waals surface area (Å²) >= 11 is 12.6. The van der Waals surface area contributed by atoms with Gasteiger partial charge in [0.2, 0.25) is 0 Å². The van der Waals surface area contributed by atoms with Gasteiger partial charge >= 0.3 is 5.97 Å². The Morgan fingerprint density at radius 2 is 1.87 bits per heavy atom. The van der Waals surface area contributed by atoms with Crippen LogP contribution in [0.5, 0.6) is 0 Å². The van der Waals surface area contributed by atoms with Gasteiger partial charge in [-0.2, -0.15) is 0 Å². The van der Waals surface area contributed by atoms with Crippen LogP contribution in [0.15, 0.2) is 35.2 Å². The Kier molecular flexibility index (Phi) is 5.91. The van der Waals surface area contributed by atoms with Gasteiger partial charge in [-0.05, 0) is 36.6 Å². The van der Waals surface area contributed by atoms with Crippen LogP contribution in [-0.2, 0) is 21.2 Å². The molecule has 1 heterocycles. The first-order valence-corrected chi connectivity index (χ1v) is 9.62. The summed E-state index contributed by atoms with van der Waals surface area (Å²) in [6, 6.07) is 8.05. The molecule has 1 aromatic carbocycles. The monoisotopic (exact) mass is 393 g/mol. The van der Waals surface area contributed by atoms with Crippen LogP contribution in [0, 0.1) is 0 Å². The van der Waals surface area contributed by atoms with Crippen LogP contribution in [0.1, 0.15) is 18.4 Å². The second kappa shape index (κ2) is 7.53. The number of carbonyl (C=O) groups is 1. The number of carboxylic acids is 1. The van der Waals surface area contributed by atoms with Crippen molar-refractivity contribution < 1.29 is 18.3 Å². The fraction of sp³-hybridized carbons (Fsp3) is 0.214. The Balaban J connectivity index is 2.05. The summed E-state index contributed by atoms with van der Waals surface area (Å²) in [4.78, 5) is 10.4. The number of rotatable bonds is 7. The third-order valence-corrected chi connectivity index (χ3v) is 6.11. The van der Waals surface area contributed by atoms with Gasteiger partial charge in [0.1, 0.15) is 9.23 Å². The Morgan fingerprint density at radius 1 is 1.22 bits per heavy atom. The SMILES string of the molecule is O=C(O)CCCc1ccc(NS(=O)(=O)c2cc(Cl)sc2Cl)cc1. The molecule has 0 aliphatic carbocycles. The largest absolute Gasteiger partial charge is 0.481 e. The number of aryl methyl sites for hydroxylation is 1. The zero-order valence-corrected chi connectivity index (χ0v) is 14.9. The fourth-order valence-corrected chi connectivity index (χ4v) is 5.11. The Bertz CT molecular complexity index is 801. The van der Waals surface area contributed by atoms with Crippen molar-refractivity contribution in [2.45, 2.75) is 24.2 Å². The number of aliphatic carboxylic acids is 1. The van der Waals surface area contributed by atoms with E-state index in [2.05, 4.69) is 4.72 Å². The summed E-state index contributed by atoms with van der Waals surface area (Å²) in [5.74, 6) is -0.833. The molecule has 0 aliphatic heterocycles. The number of benzene rings is 1. The van der Waals surface area contributed by atoms with Crippen molar-refractivity contribution in [3.8, 4) is 0 Å². The van der Waals surface area contributed by atoms with Crippen LogP contribution in [0.2, 0.25) is 8.67 Å². The maximum atomic E-state index is 12.3. The second-order valence-electron chi connectivity index (χ2n) is 4.74. The van der Waals surface area contributed by atoms with Gasteiger partial charge in [0, 0.05) is 12.1 Å². The molecule has 0 saturated heterocycles. The van der Waals surface area contributed by atoms with Crippen LogP contribution >= 0.6 is 34.5 Å². The molecular weight excluding hydrogens is 381 g/mol. The van der Waals surface area contributed by atoms with Crippen molar-refractivity contribution in [1.29, 1.82) is 0 Å². The first kappa shape index (κ1) is 18.1. The van der Waals surface area contributed by atoms with Crippen LogP contribution < -0.4 is 4.72 Å². The summed E-state index contributed by atoms with van der Waals surface area (Å²) in [6.07, 6.45) is 1.25. The first-order valence-electron chi connectivity index (χ1n) is 6.56. The van der Waals surface area contributed by atoms with Gasteiger partial charge in [0.05, 0.1) is 4.34 Å². The lowest BCUT2D eigenvalue weighted by atomic mass is 10.1. The molecule has 0 bridgehead atoms. The highest BCUT2D eigenvalue weighted by molar-refractivity contribution is 7.93. The molecule has 2 aromatic rings. The average molecular weight is 394 g/mol. The molecule has 0 atom stereocenters. The lowest BCUT2D eigenvalue weighted by Crippen LogP contribution is -2.12. The lowest BCUT2D eigenvalue weighted by Gasteiger charge is -2.08. The molecule has 0 aliphatic rings. The van der Waals surface area contributed by atoms with Gasteiger partial charge in [0.25, 0.3) is 10.0 Å². The van der Waals surface area contributed by atoms with Gasteiger partial charge in [-0.15, -0.1) is 11.3 Å². The molecule has 0 fully saturated rings. The molecule has 0 unspecified atom stereocenters. The zero-order valence-electron chi connectivity index (χ0n) is 11.8. The predicted octanol–water partition coefficient (Wildman–Crippen LogP) is 4.26. The second-order valence-corrected chi connectivity index (χ2v) is 8.67. The van der Waals surface area contributed by atoms with E-state index in [1.807, 2.05) is 0 Å². The van der Waals surface area contributed by atoms with Crippen LogP contribution in [0.4, 0.5) is 5.69 Å². The molecule has 0 radical (unpaired) electrons. The van der Waals surface area contributed by atoms with E-state index < -0.39 is 16.0 Å². The van der Waals surface area contributed by atoms with Gasteiger partial charge in [-0.1, -0.05) is 35.3 Å². The molecule has 1 aromatic heterocycles. The van der Waals surface area contributed by atoms with E-state index in [4.69, 9.17) is 28.3 Å². The standard InChI is InChI=1S/C14H13Cl2NO4S2/c15-12-8-11(14(16)22-12)23(20,21)17-10-6-4-9(5-7-10)2-1-3-13(18)19/h4-8,17H,1-3H2,(H,18,19).